The van der Waals surface area contributed by atoms with Crippen LogP contribution in [0.15, 0.2) is 60.7 Å². The lowest BCUT2D eigenvalue weighted by Gasteiger charge is -2.24. The Morgan fingerprint density at radius 2 is 1.19 bits per heavy atom. The van der Waals surface area contributed by atoms with E-state index < -0.39 is 42.1 Å². The topological polar surface area (TPSA) is 89.5 Å². The Hall–Kier alpha value is -2.78. The van der Waals surface area contributed by atoms with Crippen molar-refractivity contribution in [1.82, 2.24) is 0 Å². The molecule has 0 saturated carbocycles. The van der Waals surface area contributed by atoms with Crippen LogP contribution in [0.1, 0.15) is 34.6 Å². The van der Waals surface area contributed by atoms with E-state index in [0.29, 0.717) is 11.1 Å². The Morgan fingerprint density at radius 3 is 1.59 bits per heavy atom. The highest BCUT2D eigenvalue weighted by atomic mass is 16.8. The molecule has 2 fully saturated rings. The zero-order valence-corrected chi connectivity index (χ0v) is 18.0. The van der Waals surface area contributed by atoms with E-state index in [0.717, 1.165) is 0 Å². The number of carbonyl (C=O) groups excluding carboxylic acids is 2. The molecule has 8 heteroatoms. The van der Waals surface area contributed by atoms with E-state index in [9.17, 15) is 9.59 Å². The lowest BCUT2D eigenvalue weighted by Crippen LogP contribution is -2.45. The minimum absolute atomic E-state index is 0.0335. The van der Waals surface area contributed by atoms with Crippen LogP contribution in [0, 0.1) is 0 Å². The lowest BCUT2D eigenvalue weighted by molar-refractivity contribution is -0.201. The van der Waals surface area contributed by atoms with E-state index in [1.165, 1.54) is 0 Å². The van der Waals surface area contributed by atoms with Gasteiger partial charge in [-0.1, -0.05) is 36.4 Å². The van der Waals surface area contributed by atoms with Crippen molar-refractivity contribution in [2.45, 2.75) is 44.1 Å². The minimum Gasteiger partial charge on any atom is -0.459 e. The molecule has 2 aromatic carbocycles. The van der Waals surface area contributed by atoms with Crippen LogP contribution in [0.2, 0.25) is 0 Å². The third-order valence-electron chi connectivity index (χ3n) is 5.24. The molecule has 170 valence electrons. The van der Waals surface area contributed by atoms with Gasteiger partial charge in [0, 0.05) is 0 Å². The fraction of sp³-hybridized carbons (Fsp3) is 0.417. The van der Waals surface area contributed by atoms with Gasteiger partial charge in [0.05, 0.1) is 11.1 Å². The maximum absolute atomic E-state index is 12.3. The molecule has 0 aromatic heterocycles. The van der Waals surface area contributed by atoms with E-state index >= 15 is 0 Å². The average molecular weight is 442 g/mol. The highest BCUT2D eigenvalue weighted by Crippen LogP contribution is 2.35. The van der Waals surface area contributed by atoms with Gasteiger partial charge in [0.2, 0.25) is 0 Å². The SMILES string of the molecule is CC1(C)O[C@H]2[C@H](O1)[C@@H](COC(=O)c1ccccc1)OCO[C@H]2COC(=O)c1ccccc1. The molecule has 2 aromatic rings. The fourth-order valence-corrected chi connectivity index (χ4v) is 3.71. The van der Waals surface area contributed by atoms with Crippen molar-refractivity contribution in [1.29, 1.82) is 0 Å². The molecule has 32 heavy (non-hydrogen) atoms. The first-order valence-electron chi connectivity index (χ1n) is 10.5. The number of ether oxygens (including phenoxy) is 6. The summed E-state index contributed by atoms with van der Waals surface area (Å²) in [6.07, 6.45) is -2.36. The van der Waals surface area contributed by atoms with E-state index in [1.54, 1.807) is 62.4 Å². The Kier molecular flexibility index (Phi) is 6.86. The Morgan fingerprint density at radius 1 is 0.781 bits per heavy atom. The largest absolute Gasteiger partial charge is 0.459 e. The van der Waals surface area contributed by atoms with Gasteiger partial charge in [-0.05, 0) is 38.1 Å². The second-order valence-electron chi connectivity index (χ2n) is 8.02. The van der Waals surface area contributed by atoms with Gasteiger partial charge in [-0.3, -0.25) is 0 Å². The fourth-order valence-electron chi connectivity index (χ4n) is 3.71. The van der Waals surface area contributed by atoms with Crippen LogP contribution >= 0.6 is 0 Å². The minimum atomic E-state index is -0.900. The first kappa shape index (κ1) is 22.4. The number of benzene rings is 2. The Labute approximate surface area is 186 Å². The first-order valence-corrected chi connectivity index (χ1v) is 10.5. The smallest absolute Gasteiger partial charge is 0.338 e. The van der Waals surface area contributed by atoms with Crippen LogP contribution in [0.4, 0.5) is 0 Å². The Balaban J connectivity index is 1.40. The second-order valence-corrected chi connectivity index (χ2v) is 8.02. The summed E-state index contributed by atoms with van der Waals surface area (Å²) in [5.74, 6) is -1.81. The highest BCUT2D eigenvalue weighted by molar-refractivity contribution is 5.89. The van der Waals surface area contributed by atoms with Gasteiger partial charge in [-0.15, -0.1) is 0 Å². The summed E-state index contributed by atoms with van der Waals surface area (Å²) in [6, 6.07) is 17.4. The van der Waals surface area contributed by atoms with Crippen molar-refractivity contribution in [2.24, 2.45) is 0 Å². The molecule has 4 atom stereocenters. The highest BCUT2D eigenvalue weighted by Gasteiger charge is 2.51. The van der Waals surface area contributed by atoms with Crippen molar-refractivity contribution in [2.75, 3.05) is 20.0 Å². The van der Waals surface area contributed by atoms with Crippen molar-refractivity contribution < 1.29 is 38.0 Å². The third-order valence-corrected chi connectivity index (χ3v) is 5.24. The van der Waals surface area contributed by atoms with E-state index in [1.807, 2.05) is 12.1 Å². The number of hydrogen-bond acceptors (Lipinski definition) is 8. The zero-order chi connectivity index (χ0) is 22.6. The Bertz CT molecular complexity index is 841. The summed E-state index contributed by atoms with van der Waals surface area (Å²) < 4.78 is 34.5. The molecular weight excluding hydrogens is 416 g/mol. The van der Waals surface area contributed by atoms with Gasteiger partial charge in [0.15, 0.2) is 5.79 Å². The third kappa shape index (κ3) is 5.34. The summed E-state index contributed by atoms with van der Waals surface area (Å²) >= 11 is 0. The maximum atomic E-state index is 12.3. The average Bonchev–Trinajstić information content (AvgIpc) is 3.05. The van der Waals surface area contributed by atoms with Gasteiger partial charge in [0.25, 0.3) is 0 Å². The summed E-state index contributed by atoms with van der Waals surface area (Å²) in [7, 11) is 0. The van der Waals surface area contributed by atoms with Crippen LogP contribution in [0.5, 0.6) is 0 Å². The number of fused-ring (bicyclic) bond motifs is 1. The number of esters is 2. The normalized spacial score (nSPS) is 26.6. The number of carbonyl (C=O) groups is 2. The molecule has 0 aliphatic carbocycles. The molecule has 0 radical (unpaired) electrons. The molecule has 0 N–H and O–H groups in total. The molecule has 2 saturated heterocycles. The monoisotopic (exact) mass is 442 g/mol. The summed E-state index contributed by atoms with van der Waals surface area (Å²) in [4.78, 5) is 24.7. The predicted octanol–water partition coefficient (Wildman–Crippen LogP) is 2.96. The summed E-state index contributed by atoms with van der Waals surface area (Å²) in [6.45, 7) is 3.41. The van der Waals surface area contributed by atoms with E-state index in [4.69, 9.17) is 28.4 Å². The van der Waals surface area contributed by atoms with Crippen LogP contribution in [0.3, 0.4) is 0 Å². The quantitative estimate of drug-likeness (QED) is 0.631. The van der Waals surface area contributed by atoms with Gasteiger partial charge in [0.1, 0.15) is 44.4 Å². The molecule has 0 amide bonds. The van der Waals surface area contributed by atoms with Crippen molar-refractivity contribution in [3.05, 3.63) is 71.8 Å². The van der Waals surface area contributed by atoms with Gasteiger partial charge in [-0.25, -0.2) is 9.59 Å². The number of hydrogen-bond donors (Lipinski definition) is 0. The van der Waals surface area contributed by atoms with Crippen LogP contribution in [0.25, 0.3) is 0 Å². The summed E-state index contributed by atoms with van der Waals surface area (Å²) in [5.41, 5.74) is 0.895. The zero-order valence-electron chi connectivity index (χ0n) is 18.0. The molecule has 4 rings (SSSR count). The molecule has 2 aliphatic rings. The molecule has 2 aliphatic heterocycles. The maximum Gasteiger partial charge on any atom is 0.338 e. The molecule has 0 spiro atoms. The molecule has 0 bridgehead atoms. The van der Waals surface area contributed by atoms with Gasteiger partial charge >= 0.3 is 11.9 Å². The van der Waals surface area contributed by atoms with Crippen molar-refractivity contribution in [3.63, 3.8) is 0 Å². The van der Waals surface area contributed by atoms with Crippen LogP contribution in [-0.2, 0) is 28.4 Å². The lowest BCUT2D eigenvalue weighted by atomic mass is 10.0. The number of rotatable bonds is 6. The molecule has 0 unspecified atom stereocenters. The first-order chi connectivity index (χ1) is 15.4. The second kappa shape index (κ2) is 9.79. The predicted molar refractivity (Wildman–Crippen MR) is 112 cm³/mol. The van der Waals surface area contributed by atoms with Crippen LogP contribution < -0.4 is 0 Å². The molecule has 2 heterocycles. The molecule has 8 nitrogen and oxygen atoms in total. The van der Waals surface area contributed by atoms with Gasteiger partial charge in [-0.2, -0.15) is 0 Å². The van der Waals surface area contributed by atoms with Crippen molar-refractivity contribution >= 4 is 11.9 Å². The molecular formula is C24H26O8. The van der Waals surface area contributed by atoms with E-state index in [2.05, 4.69) is 0 Å². The van der Waals surface area contributed by atoms with E-state index in [-0.39, 0.29) is 20.0 Å². The van der Waals surface area contributed by atoms with Crippen LogP contribution in [-0.4, -0.2) is 62.1 Å². The standard InChI is InChI=1S/C24H26O8/c1-24(2)31-20-18(13-27-22(25)16-9-5-3-6-10-16)29-15-30-19(21(20)32-24)14-28-23(26)17-11-7-4-8-12-17/h3-12,18-21H,13-15H2,1-2H3/t18-,19+,20-,21-/m1/s1. The van der Waals surface area contributed by atoms with Crippen molar-refractivity contribution in [3.8, 4) is 0 Å². The van der Waals surface area contributed by atoms with Gasteiger partial charge < -0.3 is 28.4 Å². The summed E-state index contributed by atoms with van der Waals surface area (Å²) in [5, 5.41) is 0.